The van der Waals surface area contributed by atoms with Crippen LogP contribution in [0.3, 0.4) is 0 Å². The molecule has 1 N–H and O–H groups in total. The first-order chi connectivity index (χ1) is 9.36. The van der Waals surface area contributed by atoms with Crippen LogP contribution in [0.1, 0.15) is 22.6 Å². The summed E-state index contributed by atoms with van der Waals surface area (Å²) in [5, 5.41) is 6.82. The van der Waals surface area contributed by atoms with Gasteiger partial charge in [0.2, 0.25) is 0 Å². The number of hydrogen-bond acceptors (Lipinski definition) is 3. The lowest BCUT2D eigenvalue weighted by molar-refractivity contribution is 0.333. The zero-order valence-corrected chi connectivity index (χ0v) is 12.1. The maximum absolute atomic E-state index is 4.42. The maximum Gasteiger partial charge on any atom is 0.0940 e. The van der Waals surface area contributed by atoms with Crippen molar-refractivity contribution in [3.05, 3.63) is 52.0 Å². The molecule has 0 fully saturated rings. The minimum Gasteiger partial charge on any atom is -0.316 e. The number of hydrogen-bond donors (Lipinski definition) is 1. The molecule has 0 aliphatic heterocycles. The molecule has 3 rings (SSSR count). The fourth-order valence-electron chi connectivity index (χ4n) is 3.12. The summed E-state index contributed by atoms with van der Waals surface area (Å²) in [6.07, 6.45) is 6.67. The molecule has 1 heterocycles. The molecule has 0 amide bonds. The van der Waals surface area contributed by atoms with Crippen LogP contribution in [0.15, 0.2) is 35.8 Å². The lowest BCUT2D eigenvalue weighted by Crippen LogP contribution is -2.38. The van der Waals surface area contributed by atoms with Crippen LogP contribution in [0, 0.1) is 5.92 Å². The Kier molecular flexibility index (Phi) is 3.95. The van der Waals surface area contributed by atoms with Crippen LogP contribution in [0.2, 0.25) is 0 Å². The average Bonchev–Trinajstić information content (AvgIpc) is 2.97. The second kappa shape index (κ2) is 5.85. The summed E-state index contributed by atoms with van der Waals surface area (Å²) in [7, 11) is 2.08. The molecule has 0 saturated carbocycles. The minimum absolute atomic E-state index is 0.541. The van der Waals surface area contributed by atoms with E-state index in [2.05, 4.69) is 47.0 Å². The van der Waals surface area contributed by atoms with Crippen LogP contribution < -0.4 is 5.32 Å². The summed E-state index contributed by atoms with van der Waals surface area (Å²) in [6, 6.07) is 9.43. The Bertz CT molecular complexity index is 521. The number of rotatable bonds is 4. The fourth-order valence-corrected chi connectivity index (χ4v) is 3.79. The molecule has 2 nitrogen and oxygen atoms in total. The van der Waals surface area contributed by atoms with Gasteiger partial charge in [-0.2, -0.15) is 0 Å². The SMILES string of the molecule is CNC(Cc1nccs1)C1CCc2ccccc2C1. The number of aryl methyl sites for hydroxylation is 1. The van der Waals surface area contributed by atoms with Crippen molar-refractivity contribution in [2.24, 2.45) is 5.92 Å². The number of likely N-dealkylation sites (N-methyl/N-ethyl adjacent to an activating group) is 1. The topological polar surface area (TPSA) is 24.9 Å². The number of nitrogens with one attached hydrogen (secondary N) is 1. The van der Waals surface area contributed by atoms with E-state index in [-0.39, 0.29) is 0 Å². The van der Waals surface area contributed by atoms with E-state index in [1.807, 2.05) is 6.20 Å². The summed E-state index contributed by atoms with van der Waals surface area (Å²) < 4.78 is 0. The van der Waals surface area contributed by atoms with E-state index in [0.717, 1.165) is 12.3 Å². The van der Waals surface area contributed by atoms with Gasteiger partial charge in [0.1, 0.15) is 0 Å². The Morgan fingerprint density at radius 2 is 2.21 bits per heavy atom. The van der Waals surface area contributed by atoms with Crippen LogP contribution in [-0.2, 0) is 19.3 Å². The van der Waals surface area contributed by atoms with Gasteiger partial charge in [0.05, 0.1) is 5.01 Å². The second-order valence-corrected chi connectivity index (χ2v) is 6.28. The molecular weight excluding hydrogens is 252 g/mol. The average molecular weight is 272 g/mol. The van der Waals surface area contributed by atoms with E-state index < -0.39 is 0 Å². The number of benzene rings is 1. The molecule has 2 unspecified atom stereocenters. The molecule has 1 aliphatic carbocycles. The summed E-state index contributed by atoms with van der Waals surface area (Å²) in [5.41, 5.74) is 3.08. The molecule has 3 heteroatoms. The van der Waals surface area contributed by atoms with Crippen LogP contribution in [0.25, 0.3) is 0 Å². The van der Waals surface area contributed by atoms with E-state index in [0.29, 0.717) is 6.04 Å². The third-order valence-electron chi connectivity index (χ3n) is 4.20. The van der Waals surface area contributed by atoms with Gasteiger partial charge in [0.25, 0.3) is 0 Å². The second-order valence-electron chi connectivity index (χ2n) is 5.30. The third kappa shape index (κ3) is 2.88. The fraction of sp³-hybridized carbons (Fsp3) is 0.438. The van der Waals surface area contributed by atoms with Crippen LogP contribution in [-0.4, -0.2) is 18.1 Å². The van der Waals surface area contributed by atoms with Crippen molar-refractivity contribution in [3.8, 4) is 0 Å². The zero-order chi connectivity index (χ0) is 13.1. The summed E-state index contributed by atoms with van der Waals surface area (Å²) in [4.78, 5) is 4.42. The quantitative estimate of drug-likeness (QED) is 0.925. The highest BCUT2D eigenvalue weighted by Gasteiger charge is 2.25. The normalized spacial score (nSPS) is 19.9. The Balaban J connectivity index is 1.72. The van der Waals surface area contributed by atoms with Gasteiger partial charge in [-0.1, -0.05) is 24.3 Å². The molecule has 0 bridgehead atoms. The molecule has 0 radical (unpaired) electrons. The van der Waals surface area contributed by atoms with Gasteiger partial charge >= 0.3 is 0 Å². The Hall–Kier alpha value is -1.19. The van der Waals surface area contributed by atoms with Crippen LogP contribution >= 0.6 is 11.3 Å². The predicted octanol–water partition coefficient (Wildman–Crippen LogP) is 3.08. The molecule has 0 spiro atoms. The van der Waals surface area contributed by atoms with E-state index in [1.54, 1.807) is 16.9 Å². The minimum atomic E-state index is 0.541. The largest absolute Gasteiger partial charge is 0.316 e. The van der Waals surface area contributed by atoms with E-state index in [4.69, 9.17) is 0 Å². The van der Waals surface area contributed by atoms with Gasteiger partial charge in [-0.3, -0.25) is 0 Å². The van der Waals surface area contributed by atoms with Crippen molar-refractivity contribution < 1.29 is 0 Å². The molecule has 1 aromatic heterocycles. The number of nitrogens with zero attached hydrogens (tertiary/aromatic N) is 1. The van der Waals surface area contributed by atoms with Gasteiger partial charge in [0, 0.05) is 24.0 Å². The van der Waals surface area contributed by atoms with Crippen molar-refractivity contribution >= 4 is 11.3 Å². The first kappa shape index (κ1) is 12.8. The third-order valence-corrected chi connectivity index (χ3v) is 5.00. The standard InChI is InChI=1S/C16H20N2S/c1-17-15(11-16-18-8-9-19-16)14-7-6-12-4-2-3-5-13(12)10-14/h2-5,8-9,14-15,17H,6-7,10-11H2,1H3. The van der Waals surface area contributed by atoms with Crippen molar-refractivity contribution in [2.75, 3.05) is 7.05 Å². The first-order valence-corrected chi connectivity index (χ1v) is 7.87. The highest BCUT2D eigenvalue weighted by atomic mass is 32.1. The molecule has 1 aromatic carbocycles. The lowest BCUT2D eigenvalue weighted by Gasteiger charge is -2.31. The summed E-state index contributed by atoms with van der Waals surface area (Å²) >= 11 is 1.77. The monoisotopic (exact) mass is 272 g/mol. The molecule has 100 valence electrons. The molecule has 0 saturated heterocycles. The highest BCUT2D eigenvalue weighted by molar-refractivity contribution is 7.09. The van der Waals surface area contributed by atoms with E-state index >= 15 is 0 Å². The van der Waals surface area contributed by atoms with Crippen LogP contribution in [0.5, 0.6) is 0 Å². The van der Waals surface area contributed by atoms with Crippen molar-refractivity contribution in [3.63, 3.8) is 0 Å². The number of aromatic nitrogens is 1. The highest BCUT2D eigenvalue weighted by Crippen LogP contribution is 2.28. The molecule has 19 heavy (non-hydrogen) atoms. The Labute approximate surface area is 118 Å². The van der Waals surface area contributed by atoms with E-state index in [1.165, 1.54) is 29.8 Å². The van der Waals surface area contributed by atoms with Gasteiger partial charge in [-0.25, -0.2) is 4.98 Å². The molecule has 2 aromatic rings. The van der Waals surface area contributed by atoms with Gasteiger partial charge in [0.15, 0.2) is 0 Å². The lowest BCUT2D eigenvalue weighted by atomic mass is 9.79. The molecule has 2 atom stereocenters. The molecule has 1 aliphatic rings. The Morgan fingerprint density at radius 3 is 2.95 bits per heavy atom. The van der Waals surface area contributed by atoms with Gasteiger partial charge < -0.3 is 5.32 Å². The summed E-state index contributed by atoms with van der Waals surface area (Å²) in [5.74, 6) is 0.726. The predicted molar refractivity (Wildman–Crippen MR) is 80.6 cm³/mol. The zero-order valence-electron chi connectivity index (χ0n) is 11.3. The smallest absolute Gasteiger partial charge is 0.0940 e. The van der Waals surface area contributed by atoms with Crippen molar-refractivity contribution in [1.82, 2.24) is 10.3 Å². The van der Waals surface area contributed by atoms with E-state index in [9.17, 15) is 0 Å². The summed E-state index contributed by atoms with van der Waals surface area (Å²) in [6.45, 7) is 0. The maximum atomic E-state index is 4.42. The molecular formula is C16H20N2S. The van der Waals surface area contributed by atoms with Crippen molar-refractivity contribution in [2.45, 2.75) is 31.7 Å². The Morgan fingerprint density at radius 1 is 1.37 bits per heavy atom. The van der Waals surface area contributed by atoms with Crippen molar-refractivity contribution in [1.29, 1.82) is 0 Å². The van der Waals surface area contributed by atoms with Gasteiger partial charge in [-0.05, 0) is 43.4 Å². The van der Waals surface area contributed by atoms with Crippen LogP contribution in [0.4, 0.5) is 0 Å². The van der Waals surface area contributed by atoms with Gasteiger partial charge in [-0.15, -0.1) is 11.3 Å². The number of thiazole rings is 1. The number of fused-ring (bicyclic) bond motifs is 1. The first-order valence-electron chi connectivity index (χ1n) is 6.99.